The van der Waals surface area contributed by atoms with Crippen molar-refractivity contribution in [3.63, 3.8) is 0 Å². The molecule has 2 rings (SSSR count). The minimum atomic E-state index is 0.673. The van der Waals surface area contributed by atoms with Gasteiger partial charge in [0.2, 0.25) is 0 Å². The van der Waals surface area contributed by atoms with Gasteiger partial charge in [0.05, 0.1) is 11.4 Å². The van der Waals surface area contributed by atoms with Crippen LogP contribution in [0.15, 0.2) is 47.5 Å². The summed E-state index contributed by atoms with van der Waals surface area (Å²) in [6.07, 6.45) is 5.62. The van der Waals surface area contributed by atoms with Crippen molar-refractivity contribution in [2.45, 2.75) is 66.7 Å². The molecule has 1 heterocycles. The van der Waals surface area contributed by atoms with Gasteiger partial charge in [0, 0.05) is 12.2 Å². The number of nitrogens with one attached hydrogen (secondary N) is 2. The van der Waals surface area contributed by atoms with E-state index >= 15 is 0 Å². The van der Waals surface area contributed by atoms with Crippen molar-refractivity contribution in [2.24, 2.45) is 0 Å². The Labute approximate surface area is 154 Å². The van der Waals surface area contributed by atoms with Gasteiger partial charge in [-0.05, 0) is 86.8 Å². The zero-order valence-corrected chi connectivity index (χ0v) is 16.8. The van der Waals surface area contributed by atoms with E-state index in [1.54, 1.807) is 0 Å². The Kier molecular flexibility index (Phi) is 6.52. The van der Waals surface area contributed by atoms with E-state index in [2.05, 4.69) is 77.0 Å². The quantitative estimate of drug-likeness (QED) is 0.673. The molecular formula is C23H34N2. The minimum Gasteiger partial charge on any atom is -0.383 e. The van der Waals surface area contributed by atoms with Gasteiger partial charge >= 0.3 is 0 Å². The van der Waals surface area contributed by atoms with Crippen LogP contribution in [0.1, 0.15) is 68.7 Å². The van der Waals surface area contributed by atoms with Gasteiger partial charge < -0.3 is 10.6 Å². The molecule has 0 spiro atoms. The Hall–Kier alpha value is -1.96. The summed E-state index contributed by atoms with van der Waals surface area (Å²) in [5.74, 6) is 0.673. The molecule has 1 aliphatic heterocycles. The number of aryl methyl sites for hydroxylation is 1. The third-order valence-corrected chi connectivity index (χ3v) is 5.43. The van der Waals surface area contributed by atoms with E-state index in [9.17, 15) is 0 Å². The fraction of sp³-hybridized carbons (Fsp3) is 0.478. The molecule has 0 fully saturated rings. The number of dihydropyridines is 1. The molecule has 0 saturated heterocycles. The van der Waals surface area contributed by atoms with Crippen LogP contribution in [-0.2, 0) is 6.42 Å². The normalized spacial score (nSPS) is 14.7. The van der Waals surface area contributed by atoms with E-state index in [0.29, 0.717) is 5.92 Å². The predicted octanol–water partition coefficient (Wildman–Crippen LogP) is 5.63. The first-order valence-corrected chi connectivity index (χ1v) is 9.56. The lowest BCUT2D eigenvalue weighted by molar-refractivity contribution is 0.639. The highest BCUT2D eigenvalue weighted by molar-refractivity contribution is 5.43. The second-order valence-electron chi connectivity index (χ2n) is 7.30. The van der Waals surface area contributed by atoms with Crippen LogP contribution in [0.25, 0.3) is 0 Å². The van der Waals surface area contributed by atoms with Crippen molar-refractivity contribution in [3.05, 3.63) is 69.7 Å². The van der Waals surface area contributed by atoms with Crippen molar-refractivity contribution < 1.29 is 0 Å². The van der Waals surface area contributed by atoms with E-state index in [1.807, 2.05) is 0 Å². The lowest BCUT2D eigenvalue weighted by atomic mass is 9.88. The van der Waals surface area contributed by atoms with Crippen LogP contribution in [0.5, 0.6) is 0 Å². The van der Waals surface area contributed by atoms with E-state index in [1.165, 1.54) is 40.7 Å². The molecule has 0 aromatic heterocycles. The molecule has 0 saturated carbocycles. The largest absolute Gasteiger partial charge is 0.383 e. The molecule has 2 heteroatoms. The van der Waals surface area contributed by atoms with E-state index < -0.39 is 0 Å². The predicted molar refractivity (Wildman–Crippen MR) is 110 cm³/mol. The van der Waals surface area contributed by atoms with Gasteiger partial charge in [0.25, 0.3) is 0 Å². The third-order valence-electron chi connectivity index (χ3n) is 5.43. The zero-order valence-electron chi connectivity index (χ0n) is 16.8. The van der Waals surface area contributed by atoms with Gasteiger partial charge in [-0.25, -0.2) is 0 Å². The highest BCUT2D eigenvalue weighted by atomic mass is 15.0. The molecule has 1 aromatic rings. The molecule has 0 unspecified atom stereocenters. The Balaban J connectivity index is 2.13. The van der Waals surface area contributed by atoms with Gasteiger partial charge in [0.1, 0.15) is 0 Å². The molecular weight excluding hydrogens is 304 g/mol. The first kappa shape index (κ1) is 19.4. The molecule has 2 nitrogen and oxygen atoms in total. The van der Waals surface area contributed by atoms with Crippen molar-refractivity contribution in [3.8, 4) is 0 Å². The topological polar surface area (TPSA) is 24.1 Å². The molecule has 0 amide bonds. The minimum absolute atomic E-state index is 0.673. The SMILES string of the molecule is C=C1NC(C)=CC(C)=C1NCCc1cc(C(CC)CC)cc(C)c1C. The average Bonchev–Trinajstić information content (AvgIpc) is 2.55. The maximum Gasteiger partial charge on any atom is 0.0603 e. The summed E-state index contributed by atoms with van der Waals surface area (Å²) >= 11 is 0. The third kappa shape index (κ3) is 4.56. The van der Waals surface area contributed by atoms with Gasteiger partial charge in [-0.1, -0.05) is 32.6 Å². The molecule has 0 aliphatic carbocycles. The Morgan fingerprint density at radius 1 is 1.08 bits per heavy atom. The zero-order chi connectivity index (χ0) is 18.6. The molecule has 0 atom stereocenters. The average molecular weight is 339 g/mol. The summed E-state index contributed by atoms with van der Waals surface area (Å²) in [6.45, 7) is 18.3. The molecule has 25 heavy (non-hydrogen) atoms. The first-order valence-electron chi connectivity index (χ1n) is 9.56. The maximum atomic E-state index is 4.14. The second kappa shape index (κ2) is 8.42. The van der Waals surface area contributed by atoms with Crippen LogP contribution in [0, 0.1) is 13.8 Å². The lowest BCUT2D eigenvalue weighted by Gasteiger charge is -2.23. The molecule has 136 valence electrons. The summed E-state index contributed by atoms with van der Waals surface area (Å²) in [5, 5.41) is 6.90. The van der Waals surface area contributed by atoms with E-state index in [-0.39, 0.29) is 0 Å². The maximum absolute atomic E-state index is 4.14. The summed E-state index contributed by atoms with van der Waals surface area (Å²) in [6, 6.07) is 4.82. The van der Waals surface area contributed by atoms with Crippen LogP contribution < -0.4 is 10.6 Å². The lowest BCUT2D eigenvalue weighted by Crippen LogP contribution is -2.27. The highest BCUT2D eigenvalue weighted by Crippen LogP contribution is 2.27. The van der Waals surface area contributed by atoms with Crippen molar-refractivity contribution in [2.75, 3.05) is 6.54 Å². The van der Waals surface area contributed by atoms with Crippen LogP contribution in [0.3, 0.4) is 0 Å². The van der Waals surface area contributed by atoms with Crippen molar-refractivity contribution in [1.29, 1.82) is 0 Å². The van der Waals surface area contributed by atoms with Gasteiger partial charge in [0.15, 0.2) is 0 Å². The van der Waals surface area contributed by atoms with Gasteiger partial charge in [-0.15, -0.1) is 0 Å². The van der Waals surface area contributed by atoms with Crippen LogP contribution in [0.4, 0.5) is 0 Å². The number of hydrogen-bond acceptors (Lipinski definition) is 2. The summed E-state index contributed by atoms with van der Waals surface area (Å²) in [4.78, 5) is 0. The monoisotopic (exact) mass is 338 g/mol. The molecule has 1 aliphatic rings. The first-order chi connectivity index (χ1) is 11.9. The fourth-order valence-electron chi connectivity index (χ4n) is 3.76. The van der Waals surface area contributed by atoms with Crippen molar-refractivity contribution >= 4 is 0 Å². The summed E-state index contributed by atoms with van der Waals surface area (Å²) < 4.78 is 0. The van der Waals surface area contributed by atoms with Gasteiger partial charge in [-0.2, -0.15) is 0 Å². The van der Waals surface area contributed by atoms with Crippen LogP contribution in [0.2, 0.25) is 0 Å². The number of rotatable bonds is 7. The summed E-state index contributed by atoms with van der Waals surface area (Å²) in [7, 11) is 0. The van der Waals surface area contributed by atoms with Gasteiger partial charge in [-0.3, -0.25) is 0 Å². The number of benzene rings is 1. The smallest absolute Gasteiger partial charge is 0.0603 e. The number of hydrogen-bond donors (Lipinski definition) is 2. The Morgan fingerprint density at radius 2 is 1.76 bits per heavy atom. The van der Waals surface area contributed by atoms with E-state index in [0.717, 1.165) is 30.1 Å². The number of allylic oxidation sites excluding steroid dienone is 3. The summed E-state index contributed by atoms with van der Waals surface area (Å²) in [5.41, 5.74) is 10.3. The molecule has 2 N–H and O–H groups in total. The van der Waals surface area contributed by atoms with Crippen LogP contribution in [-0.4, -0.2) is 6.54 Å². The molecule has 0 radical (unpaired) electrons. The molecule has 0 bridgehead atoms. The molecule has 1 aromatic carbocycles. The Morgan fingerprint density at radius 3 is 2.36 bits per heavy atom. The van der Waals surface area contributed by atoms with Crippen LogP contribution >= 0.6 is 0 Å². The van der Waals surface area contributed by atoms with E-state index in [4.69, 9.17) is 0 Å². The fourth-order valence-corrected chi connectivity index (χ4v) is 3.76. The standard InChI is InChI=1S/C23H34N2/c1-8-20(9-2)22-13-15(3)18(6)21(14-22)10-11-24-23-16(4)12-17(5)25-19(23)7/h12-14,20,24-25H,7-11H2,1-6H3. The Bertz CT molecular complexity index is 703. The highest BCUT2D eigenvalue weighted by Gasteiger charge is 2.13. The van der Waals surface area contributed by atoms with Crippen molar-refractivity contribution in [1.82, 2.24) is 10.6 Å². The second-order valence-corrected chi connectivity index (χ2v) is 7.30.